The Morgan fingerprint density at radius 1 is 1.17 bits per heavy atom. The molecule has 1 heterocycles. The van der Waals surface area contributed by atoms with E-state index in [2.05, 4.69) is 50.4 Å². The van der Waals surface area contributed by atoms with Gasteiger partial charge in [-0.1, -0.05) is 57.2 Å². The van der Waals surface area contributed by atoms with Crippen LogP contribution in [-0.2, 0) is 22.6 Å². The van der Waals surface area contributed by atoms with Gasteiger partial charge in [-0.25, -0.2) is 4.79 Å². The van der Waals surface area contributed by atoms with Crippen molar-refractivity contribution in [1.29, 1.82) is 0 Å². The number of nitrogens with one attached hydrogen (secondary N) is 1. The Labute approximate surface area is 177 Å². The van der Waals surface area contributed by atoms with Crippen LogP contribution in [0.4, 0.5) is 4.79 Å². The van der Waals surface area contributed by atoms with Crippen molar-refractivity contribution in [3.63, 3.8) is 0 Å². The highest BCUT2D eigenvalue weighted by Gasteiger charge is 2.32. The first-order valence-electron chi connectivity index (χ1n) is 9.74. The molecule has 0 fully saturated rings. The van der Waals surface area contributed by atoms with Gasteiger partial charge < -0.3 is 19.0 Å². The molecule has 2 aromatic carbocycles. The molecule has 5 nitrogen and oxygen atoms in total. The van der Waals surface area contributed by atoms with Gasteiger partial charge in [-0.05, 0) is 36.5 Å². The SMILES string of the molecule is CC1(C)Cc2cccc(OC(=O)NCSOCc3ccc(C(C)(C)C)cc3)c2O1. The molecular formula is C23H29NO4S. The van der Waals surface area contributed by atoms with Crippen LogP contribution < -0.4 is 14.8 Å². The van der Waals surface area contributed by atoms with E-state index in [1.807, 2.05) is 26.0 Å². The fourth-order valence-electron chi connectivity index (χ4n) is 3.14. The summed E-state index contributed by atoms with van der Waals surface area (Å²) in [4.78, 5) is 12.1. The normalized spacial score (nSPS) is 14.8. The topological polar surface area (TPSA) is 56.8 Å². The molecule has 1 N–H and O–H groups in total. The van der Waals surface area contributed by atoms with E-state index in [-0.39, 0.29) is 11.0 Å². The van der Waals surface area contributed by atoms with Crippen LogP contribution >= 0.6 is 12.0 Å². The highest BCUT2D eigenvalue weighted by molar-refractivity contribution is 7.94. The van der Waals surface area contributed by atoms with Crippen LogP contribution in [0.3, 0.4) is 0 Å². The zero-order valence-electron chi connectivity index (χ0n) is 17.7. The lowest BCUT2D eigenvalue weighted by atomic mass is 9.87. The zero-order chi connectivity index (χ0) is 21.1. The van der Waals surface area contributed by atoms with Crippen molar-refractivity contribution in [3.05, 3.63) is 59.2 Å². The molecule has 0 aromatic heterocycles. The monoisotopic (exact) mass is 415 g/mol. The molecule has 0 atom stereocenters. The third-order valence-electron chi connectivity index (χ3n) is 4.66. The van der Waals surface area contributed by atoms with E-state index in [1.54, 1.807) is 6.07 Å². The van der Waals surface area contributed by atoms with Crippen molar-refractivity contribution in [2.45, 2.75) is 58.7 Å². The van der Waals surface area contributed by atoms with Crippen LogP contribution in [0.5, 0.6) is 11.5 Å². The predicted octanol–water partition coefficient (Wildman–Crippen LogP) is 5.61. The lowest BCUT2D eigenvalue weighted by Gasteiger charge is -2.19. The summed E-state index contributed by atoms with van der Waals surface area (Å²) in [5.74, 6) is 1.38. The minimum atomic E-state index is -0.530. The van der Waals surface area contributed by atoms with Crippen molar-refractivity contribution < 1.29 is 18.5 Å². The molecule has 1 aliphatic rings. The van der Waals surface area contributed by atoms with Crippen molar-refractivity contribution >= 4 is 18.1 Å². The molecule has 0 bridgehead atoms. The fourth-order valence-corrected chi connectivity index (χ4v) is 3.62. The standard InChI is InChI=1S/C23H29NO4S/c1-22(2,3)18-11-9-16(10-12-18)14-26-29-15-24-21(25)27-19-8-6-7-17-13-23(4,5)28-20(17)19/h6-12H,13-15H2,1-5H3,(H,24,25). The van der Waals surface area contributed by atoms with Gasteiger partial charge in [-0.2, -0.15) is 0 Å². The largest absolute Gasteiger partial charge is 0.483 e. The molecule has 1 aliphatic heterocycles. The van der Waals surface area contributed by atoms with Crippen LogP contribution in [0.2, 0.25) is 0 Å². The first-order valence-corrected chi connectivity index (χ1v) is 10.7. The van der Waals surface area contributed by atoms with Gasteiger partial charge in [0.2, 0.25) is 0 Å². The van der Waals surface area contributed by atoms with E-state index in [1.165, 1.54) is 17.6 Å². The summed E-state index contributed by atoms with van der Waals surface area (Å²) < 4.78 is 16.9. The molecule has 0 saturated heterocycles. The number of ether oxygens (including phenoxy) is 2. The third kappa shape index (κ3) is 5.90. The highest BCUT2D eigenvalue weighted by Crippen LogP contribution is 2.41. The zero-order valence-corrected chi connectivity index (χ0v) is 18.5. The smallest absolute Gasteiger partial charge is 0.413 e. The molecule has 0 saturated carbocycles. The van der Waals surface area contributed by atoms with Gasteiger partial charge in [0.15, 0.2) is 11.5 Å². The van der Waals surface area contributed by atoms with E-state index in [9.17, 15) is 4.79 Å². The van der Waals surface area contributed by atoms with Crippen molar-refractivity contribution in [2.24, 2.45) is 0 Å². The number of hydrogen-bond acceptors (Lipinski definition) is 5. The predicted molar refractivity (Wildman–Crippen MR) is 116 cm³/mol. The van der Waals surface area contributed by atoms with Gasteiger partial charge >= 0.3 is 6.09 Å². The maximum absolute atomic E-state index is 12.1. The molecule has 156 valence electrons. The van der Waals surface area contributed by atoms with Crippen LogP contribution in [0.25, 0.3) is 0 Å². The summed E-state index contributed by atoms with van der Waals surface area (Å²) in [6.45, 7) is 11.1. The van der Waals surface area contributed by atoms with Crippen molar-refractivity contribution in [1.82, 2.24) is 5.32 Å². The summed E-state index contributed by atoms with van der Waals surface area (Å²) in [6, 6.07) is 14.0. The first kappa shape index (κ1) is 21.5. The number of rotatable bonds is 6. The van der Waals surface area contributed by atoms with Crippen LogP contribution in [0, 0.1) is 0 Å². The van der Waals surface area contributed by atoms with E-state index < -0.39 is 6.09 Å². The van der Waals surface area contributed by atoms with Crippen molar-refractivity contribution in [2.75, 3.05) is 5.88 Å². The summed E-state index contributed by atoms with van der Waals surface area (Å²) in [5, 5.41) is 2.68. The van der Waals surface area contributed by atoms with Gasteiger partial charge in [0.25, 0.3) is 0 Å². The Morgan fingerprint density at radius 3 is 2.59 bits per heavy atom. The second-order valence-corrected chi connectivity index (χ2v) is 9.58. The highest BCUT2D eigenvalue weighted by atomic mass is 32.2. The third-order valence-corrected chi connectivity index (χ3v) is 5.21. The lowest BCUT2D eigenvalue weighted by Crippen LogP contribution is -2.27. The maximum Gasteiger partial charge on any atom is 0.413 e. The molecular weight excluding hydrogens is 386 g/mol. The molecule has 2 aromatic rings. The number of hydrogen-bond donors (Lipinski definition) is 1. The molecule has 0 spiro atoms. The van der Waals surface area contributed by atoms with Gasteiger partial charge in [0.1, 0.15) is 5.60 Å². The first-order chi connectivity index (χ1) is 13.6. The Morgan fingerprint density at radius 2 is 1.90 bits per heavy atom. The number of amides is 1. The Kier molecular flexibility index (Phi) is 6.44. The minimum absolute atomic E-state index is 0.137. The van der Waals surface area contributed by atoms with E-state index in [0.29, 0.717) is 24.0 Å². The number of para-hydroxylation sites is 1. The second-order valence-electron chi connectivity index (χ2n) is 8.82. The lowest BCUT2D eigenvalue weighted by molar-refractivity contribution is 0.133. The number of carbonyl (C=O) groups is 1. The number of fused-ring (bicyclic) bond motifs is 1. The summed E-state index contributed by atoms with van der Waals surface area (Å²) in [6.07, 6.45) is 0.263. The molecule has 3 rings (SSSR count). The Hall–Kier alpha value is -2.18. The fraction of sp³-hybridized carbons (Fsp3) is 0.435. The van der Waals surface area contributed by atoms with E-state index >= 15 is 0 Å². The Balaban J connectivity index is 1.40. The molecule has 0 radical (unpaired) electrons. The molecule has 6 heteroatoms. The minimum Gasteiger partial charge on any atom is -0.483 e. The second kappa shape index (κ2) is 8.67. The summed E-state index contributed by atoms with van der Waals surface area (Å²) in [7, 11) is 0. The van der Waals surface area contributed by atoms with Crippen molar-refractivity contribution in [3.8, 4) is 11.5 Å². The molecule has 0 unspecified atom stereocenters. The van der Waals surface area contributed by atoms with E-state index in [4.69, 9.17) is 13.7 Å². The summed E-state index contributed by atoms with van der Waals surface area (Å²) in [5.41, 5.74) is 3.28. The molecule has 29 heavy (non-hydrogen) atoms. The van der Waals surface area contributed by atoms with Crippen LogP contribution in [-0.4, -0.2) is 17.6 Å². The summed E-state index contributed by atoms with van der Waals surface area (Å²) >= 11 is 1.18. The molecule has 0 aliphatic carbocycles. The maximum atomic E-state index is 12.1. The molecule has 1 amide bonds. The average Bonchev–Trinajstić information content (AvgIpc) is 2.96. The van der Waals surface area contributed by atoms with Crippen LogP contribution in [0.15, 0.2) is 42.5 Å². The van der Waals surface area contributed by atoms with Crippen LogP contribution in [0.1, 0.15) is 51.3 Å². The van der Waals surface area contributed by atoms with Gasteiger partial charge in [-0.3, -0.25) is 0 Å². The average molecular weight is 416 g/mol. The van der Waals surface area contributed by atoms with Gasteiger partial charge in [0, 0.05) is 24.0 Å². The van der Waals surface area contributed by atoms with Gasteiger partial charge in [-0.15, -0.1) is 0 Å². The Bertz CT molecular complexity index is 856. The van der Waals surface area contributed by atoms with E-state index in [0.717, 1.165) is 17.5 Å². The quantitative estimate of drug-likeness (QED) is 0.378. The number of carbonyl (C=O) groups excluding carboxylic acids is 1. The number of benzene rings is 2. The van der Waals surface area contributed by atoms with Gasteiger partial charge in [0.05, 0.1) is 12.5 Å².